The number of benzene rings is 1. The number of hydrogen-bond donors (Lipinski definition) is 5. The summed E-state index contributed by atoms with van der Waals surface area (Å²) in [5.74, 6) is -1.82. The van der Waals surface area contributed by atoms with Gasteiger partial charge in [-0.15, -0.1) is 0 Å². The van der Waals surface area contributed by atoms with Gasteiger partial charge in [-0.3, -0.25) is 4.57 Å². The van der Waals surface area contributed by atoms with Gasteiger partial charge in [0.1, 0.15) is 5.75 Å². The van der Waals surface area contributed by atoms with E-state index in [0.29, 0.717) is 5.56 Å². The largest absolute Gasteiger partial charge is 0.508 e. The Kier molecular flexibility index (Phi) is 3.59. The number of carbonyl (C=O) groups is 1. The summed E-state index contributed by atoms with van der Waals surface area (Å²) in [6, 6.07) is 5.24. The first-order chi connectivity index (χ1) is 7.67. The van der Waals surface area contributed by atoms with Crippen LogP contribution in [0, 0.1) is 0 Å². The second kappa shape index (κ2) is 4.46. The van der Waals surface area contributed by atoms with Crippen molar-refractivity contribution in [3.63, 3.8) is 0 Å². The van der Waals surface area contributed by atoms with Crippen LogP contribution < -0.4 is 5.73 Å². The second-order valence-corrected chi connectivity index (χ2v) is 5.50. The number of phenols is 1. The van der Waals surface area contributed by atoms with Crippen LogP contribution in [-0.4, -0.2) is 31.2 Å². The normalized spacial score (nSPS) is 15.2. The average Bonchev–Trinajstić information content (AvgIpc) is 2.19. The molecule has 0 aliphatic rings. The molecule has 0 aliphatic carbocycles. The van der Waals surface area contributed by atoms with Gasteiger partial charge in [-0.2, -0.15) is 0 Å². The molecule has 6 N–H and O–H groups in total. The summed E-state index contributed by atoms with van der Waals surface area (Å²) in [6.07, 6.45) is -0.535. The molecule has 8 heteroatoms. The maximum absolute atomic E-state index is 11.1. The average molecular weight is 261 g/mol. The molecule has 0 radical (unpaired) electrons. The number of carboxylic acid groups (broad SMARTS) is 1. The maximum Gasteiger partial charge on any atom is 0.357 e. The van der Waals surface area contributed by atoms with Crippen LogP contribution in [0.15, 0.2) is 24.3 Å². The van der Waals surface area contributed by atoms with Crippen LogP contribution in [-0.2, 0) is 15.8 Å². The van der Waals surface area contributed by atoms with Gasteiger partial charge in [0.2, 0.25) is 5.28 Å². The molecule has 0 saturated heterocycles. The summed E-state index contributed by atoms with van der Waals surface area (Å²) in [5.41, 5.74) is 5.56. The molecule has 0 heterocycles. The van der Waals surface area contributed by atoms with Crippen LogP contribution in [0.25, 0.3) is 0 Å². The molecule has 0 aliphatic heterocycles. The first kappa shape index (κ1) is 13.7. The summed E-state index contributed by atoms with van der Waals surface area (Å²) in [6.45, 7) is 0. The molecule has 0 saturated carbocycles. The molecule has 1 unspecified atom stereocenters. The molecule has 0 amide bonds. The Morgan fingerprint density at radius 1 is 1.29 bits per heavy atom. The molecule has 1 aromatic rings. The number of nitrogens with two attached hydrogens (primary N) is 1. The summed E-state index contributed by atoms with van der Waals surface area (Å²) in [4.78, 5) is 28.8. The van der Waals surface area contributed by atoms with Gasteiger partial charge in [-0.1, -0.05) is 12.1 Å². The quantitative estimate of drug-likeness (QED) is 0.474. The van der Waals surface area contributed by atoms with Crippen LogP contribution in [0.5, 0.6) is 5.75 Å². The highest BCUT2D eigenvalue weighted by atomic mass is 31.2. The number of carboxylic acids is 1. The summed E-state index contributed by atoms with van der Waals surface area (Å²) < 4.78 is 11.1. The van der Waals surface area contributed by atoms with Crippen molar-refractivity contribution in [3.8, 4) is 5.75 Å². The SMILES string of the molecule is NC(Cc1ccc(O)cc1)(C(=O)O)P(=O)(O)O. The van der Waals surface area contributed by atoms with E-state index in [0.717, 1.165) is 0 Å². The Hall–Kier alpha value is -1.40. The standard InChI is InChI=1S/C9H12NO6P/c10-9(8(12)13,17(14,15)16)5-6-1-3-7(11)4-2-6/h1-4,11H,5,10H2,(H,12,13)(H2,14,15,16). The van der Waals surface area contributed by atoms with Gasteiger partial charge in [0.05, 0.1) is 0 Å². The molecule has 0 fully saturated rings. The molecular weight excluding hydrogens is 249 g/mol. The minimum atomic E-state index is -5.01. The van der Waals surface area contributed by atoms with Gasteiger partial charge in [-0.25, -0.2) is 4.79 Å². The van der Waals surface area contributed by atoms with Gasteiger partial charge in [0, 0.05) is 6.42 Å². The zero-order valence-corrected chi connectivity index (χ0v) is 9.54. The zero-order valence-electron chi connectivity index (χ0n) is 8.65. The molecule has 0 spiro atoms. The molecular formula is C9H12NO6P. The van der Waals surface area contributed by atoms with E-state index >= 15 is 0 Å². The third-order valence-electron chi connectivity index (χ3n) is 2.30. The fourth-order valence-electron chi connectivity index (χ4n) is 1.23. The predicted octanol–water partition coefficient (Wildman–Crippen LogP) is -0.148. The van der Waals surface area contributed by atoms with Crippen molar-refractivity contribution in [3.05, 3.63) is 29.8 Å². The van der Waals surface area contributed by atoms with Crippen molar-refractivity contribution in [2.24, 2.45) is 5.73 Å². The molecule has 1 aromatic carbocycles. The zero-order chi connectivity index (χ0) is 13.3. The third kappa shape index (κ3) is 2.83. The molecule has 1 rings (SSSR count). The maximum atomic E-state index is 11.1. The van der Waals surface area contributed by atoms with Crippen LogP contribution in [0.2, 0.25) is 0 Å². The molecule has 94 valence electrons. The molecule has 0 bridgehead atoms. The van der Waals surface area contributed by atoms with Crippen LogP contribution in [0.4, 0.5) is 0 Å². The van der Waals surface area contributed by atoms with E-state index in [1.54, 1.807) is 0 Å². The third-order valence-corrected chi connectivity index (χ3v) is 3.69. The molecule has 17 heavy (non-hydrogen) atoms. The highest BCUT2D eigenvalue weighted by molar-refractivity contribution is 7.54. The highest BCUT2D eigenvalue weighted by Gasteiger charge is 2.50. The first-order valence-corrected chi connectivity index (χ1v) is 6.14. The lowest BCUT2D eigenvalue weighted by Gasteiger charge is -2.25. The topological polar surface area (TPSA) is 141 Å². The van der Waals surface area contributed by atoms with E-state index in [-0.39, 0.29) is 5.75 Å². The predicted molar refractivity (Wildman–Crippen MR) is 58.4 cm³/mol. The van der Waals surface area contributed by atoms with Crippen molar-refractivity contribution in [1.82, 2.24) is 0 Å². The summed E-state index contributed by atoms with van der Waals surface area (Å²) >= 11 is 0. The highest BCUT2D eigenvalue weighted by Crippen LogP contribution is 2.48. The fourth-order valence-corrected chi connectivity index (χ4v) is 1.87. The number of rotatable bonds is 4. The minimum absolute atomic E-state index is 0.0390. The van der Waals surface area contributed by atoms with Crippen molar-refractivity contribution in [2.45, 2.75) is 11.7 Å². The van der Waals surface area contributed by atoms with Crippen molar-refractivity contribution >= 4 is 13.6 Å². The van der Waals surface area contributed by atoms with Gasteiger partial charge in [-0.05, 0) is 17.7 Å². The minimum Gasteiger partial charge on any atom is -0.508 e. The number of aromatic hydroxyl groups is 1. The lowest BCUT2D eigenvalue weighted by Crippen LogP contribution is -2.49. The van der Waals surface area contributed by atoms with Gasteiger partial charge in [0.15, 0.2) is 0 Å². The van der Waals surface area contributed by atoms with Crippen molar-refractivity contribution in [2.75, 3.05) is 0 Å². The molecule has 1 atom stereocenters. The summed E-state index contributed by atoms with van der Waals surface area (Å²) in [7, 11) is -5.01. The Morgan fingerprint density at radius 2 is 1.76 bits per heavy atom. The number of hydrogen-bond acceptors (Lipinski definition) is 4. The molecule has 7 nitrogen and oxygen atoms in total. The van der Waals surface area contributed by atoms with Crippen LogP contribution in [0.3, 0.4) is 0 Å². The van der Waals surface area contributed by atoms with Gasteiger partial charge in [0.25, 0.3) is 0 Å². The van der Waals surface area contributed by atoms with E-state index < -0.39 is 25.3 Å². The van der Waals surface area contributed by atoms with E-state index in [2.05, 4.69) is 0 Å². The van der Waals surface area contributed by atoms with E-state index in [4.69, 9.17) is 25.7 Å². The Labute approximate surface area is 96.7 Å². The smallest absolute Gasteiger partial charge is 0.357 e. The Morgan fingerprint density at radius 3 is 2.12 bits per heavy atom. The van der Waals surface area contributed by atoms with Gasteiger partial charge >= 0.3 is 13.6 Å². The lowest BCUT2D eigenvalue weighted by atomic mass is 10.1. The van der Waals surface area contributed by atoms with Crippen LogP contribution in [0.1, 0.15) is 5.56 Å². The van der Waals surface area contributed by atoms with E-state index in [1.807, 2.05) is 0 Å². The first-order valence-electron chi connectivity index (χ1n) is 4.52. The monoisotopic (exact) mass is 261 g/mol. The summed E-state index contributed by atoms with van der Waals surface area (Å²) in [5, 5.41) is 15.2. The van der Waals surface area contributed by atoms with Crippen molar-refractivity contribution < 1.29 is 29.4 Å². The second-order valence-electron chi connectivity index (χ2n) is 3.62. The fraction of sp³-hybridized carbons (Fsp3) is 0.222. The number of aliphatic carboxylic acids is 1. The van der Waals surface area contributed by atoms with E-state index in [1.165, 1.54) is 24.3 Å². The Bertz CT molecular complexity index is 467. The van der Waals surface area contributed by atoms with Gasteiger partial charge < -0.3 is 25.7 Å². The molecule has 0 aromatic heterocycles. The Balaban J connectivity index is 3.08. The van der Waals surface area contributed by atoms with Crippen LogP contribution >= 0.6 is 7.60 Å². The van der Waals surface area contributed by atoms with Crippen molar-refractivity contribution in [1.29, 1.82) is 0 Å². The number of phenolic OH excluding ortho intramolecular Hbond substituents is 1. The van der Waals surface area contributed by atoms with E-state index in [9.17, 15) is 9.36 Å². The lowest BCUT2D eigenvalue weighted by molar-refractivity contribution is -0.140.